The topological polar surface area (TPSA) is 135 Å². The minimum absolute atomic E-state index is 0.167. The predicted molar refractivity (Wildman–Crippen MR) is 42.5 cm³/mol. The smallest absolute Gasteiger partial charge is 0.475 e. The van der Waals surface area contributed by atoms with E-state index in [1.54, 1.807) is 0 Å². The number of alkyl halides is 3. The maximum Gasteiger partial charge on any atom is 0.490 e. The van der Waals surface area contributed by atoms with Crippen molar-refractivity contribution in [2.24, 2.45) is 5.73 Å². The molecule has 9 heteroatoms. The molecule has 0 aliphatic heterocycles. The quantitative estimate of drug-likeness (QED) is 0.409. The van der Waals surface area contributed by atoms with Crippen molar-refractivity contribution in [2.75, 3.05) is 0 Å². The molecule has 0 atom stereocenters. The minimum Gasteiger partial charge on any atom is -0.475 e. The summed E-state index contributed by atoms with van der Waals surface area (Å²) in [7, 11) is 0. The Kier molecular flexibility index (Phi) is 12.1. The van der Waals surface area contributed by atoms with Crippen molar-refractivity contribution in [3.05, 3.63) is 0 Å². The van der Waals surface area contributed by atoms with E-state index in [2.05, 4.69) is 0 Å². The summed E-state index contributed by atoms with van der Waals surface area (Å²) < 4.78 is 31.7. The van der Waals surface area contributed by atoms with Gasteiger partial charge in [-0.05, 0) is 6.92 Å². The molecule has 0 aliphatic carbocycles. The highest BCUT2D eigenvalue weighted by Gasteiger charge is 2.38. The average Bonchev–Trinajstić information content (AvgIpc) is 2.02. The van der Waals surface area contributed by atoms with Crippen molar-refractivity contribution >= 4 is 11.8 Å². The van der Waals surface area contributed by atoms with E-state index in [1.165, 1.54) is 19.1 Å². The number of nitriles is 2. The largest absolute Gasteiger partial charge is 0.490 e. The van der Waals surface area contributed by atoms with Gasteiger partial charge in [-0.25, -0.2) is 4.79 Å². The molecular formula is C6H7F3N4O2. The van der Waals surface area contributed by atoms with Crippen molar-refractivity contribution in [2.45, 2.75) is 13.1 Å². The third kappa shape index (κ3) is 49.8. The number of hydrogen-bond donors (Lipinski definition) is 3. The van der Waals surface area contributed by atoms with Gasteiger partial charge in [0.2, 0.25) is 0 Å². The first kappa shape index (κ1) is 18.5. The number of aliphatic carboxylic acids is 1. The van der Waals surface area contributed by atoms with Crippen LogP contribution < -0.4 is 5.73 Å². The molecule has 0 saturated carbocycles. The van der Waals surface area contributed by atoms with Gasteiger partial charge in [-0.15, -0.1) is 0 Å². The van der Waals surface area contributed by atoms with Crippen molar-refractivity contribution < 1.29 is 23.1 Å². The Bertz CT molecular complexity index is 270. The molecular weight excluding hydrogens is 217 g/mol. The molecule has 0 aromatic rings. The number of nitrogens with one attached hydrogen (secondary N) is 1. The number of hydrogen-bond acceptors (Lipinski definition) is 4. The Morgan fingerprint density at radius 2 is 1.53 bits per heavy atom. The molecule has 6 nitrogen and oxygen atoms in total. The Labute approximate surface area is 82.8 Å². The molecule has 0 bridgehead atoms. The summed E-state index contributed by atoms with van der Waals surface area (Å²) in [6, 6.07) is 2.47. The first-order valence-electron chi connectivity index (χ1n) is 2.98. The van der Waals surface area contributed by atoms with Crippen LogP contribution in [0.4, 0.5) is 13.2 Å². The molecule has 0 radical (unpaired) electrons. The molecule has 0 saturated heterocycles. The molecule has 0 aliphatic rings. The zero-order chi connectivity index (χ0) is 13.1. The van der Waals surface area contributed by atoms with Gasteiger partial charge in [-0.3, -0.25) is 5.41 Å². The molecule has 0 spiro atoms. The number of carbonyl (C=O) groups is 1. The molecule has 0 aromatic carbocycles. The molecule has 0 amide bonds. The van der Waals surface area contributed by atoms with Gasteiger partial charge >= 0.3 is 12.1 Å². The predicted octanol–water partition coefficient (Wildman–Crippen LogP) is 0.609. The highest BCUT2D eigenvalue weighted by molar-refractivity contribution is 5.73. The van der Waals surface area contributed by atoms with Crippen LogP contribution in [0.5, 0.6) is 0 Å². The third-order valence-electron chi connectivity index (χ3n) is 0.293. The average molecular weight is 224 g/mol. The second kappa shape index (κ2) is 9.80. The molecule has 4 N–H and O–H groups in total. The van der Waals surface area contributed by atoms with Crippen LogP contribution in [0.15, 0.2) is 0 Å². The van der Waals surface area contributed by atoms with E-state index < -0.39 is 12.1 Å². The van der Waals surface area contributed by atoms with Gasteiger partial charge in [0.25, 0.3) is 0 Å². The molecule has 15 heavy (non-hydrogen) atoms. The highest BCUT2D eigenvalue weighted by atomic mass is 19.4. The lowest BCUT2D eigenvalue weighted by molar-refractivity contribution is -0.192. The molecule has 0 rings (SSSR count). The van der Waals surface area contributed by atoms with E-state index in [0.717, 1.165) is 0 Å². The van der Waals surface area contributed by atoms with Crippen LogP contribution in [0.25, 0.3) is 0 Å². The second-order valence-corrected chi connectivity index (χ2v) is 1.71. The lowest BCUT2D eigenvalue weighted by Gasteiger charge is -1.93. The van der Waals surface area contributed by atoms with Gasteiger partial charge < -0.3 is 10.8 Å². The fourth-order valence-electron chi connectivity index (χ4n) is 0. The fourth-order valence-corrected chi connectivity index (χ4v) is 0. The maximum atomic E-state index is 10.6. The van der Waals surface area contributed by atoms with Gasteiger partial charge in [-0.2, -0.15) is 23.7 Å². The Morgan fingerprint density at radius 1 is 1.40 bits per heavy atom. The Hall–Kier alpha value is -2.29. The molecule has 0 aromatic heterocycles. The van der Waals surface area contributed by atoms with Crippen molar-refractivity contribution in [3.63, 3.8) is 0 Å². The summed E-state index contributed by atoms with van der Waals surface area (Å²) in [5.41, 5.74) is 4.69. The molecule has 0 unspecified atom stereocenters. The van der Waals surface area contributed by atoms with E-state index in [4.69, 9.17) is 31.6 Å². The van der Waals surface area contributed by atoms with E-state index in [9.17, 15) is 13.2 Å². The number of rotatable bonds is 0. The van der Waals surface area contributed by atoms with Crippen molar-refractivity contribution in [3.8, 4) is 12.1 Å². The van der Waals surface area contributed by atoms with Gasteiger partial charge in [0, 0.05) is 0 Å². The van der Waals surface area contributed by atoms with E-state index in [0.29, 0.717) is 0 Å². The van der Waals surface area contributed by atoms with Crippen LogP contribution in [-0.2, 0) is 4.79 Å². The van der Waals surface area contributed by atoms with E-state index in [1.807, 2.05) is 0 Å². The normalized spacial score (nSPS) is 7.60. The maximum absolute atomic E-state index is 10.6. The monoisotopic (exact) mass is 224 g/mol. The highest BCUT2D eigenvalue weighted by Crippen LogP contribution is 2.13. The van der Waals surface area contributed by atoms with Crippen LogP contribution in [0.3, 0.4) is 0 Å². The van der Waals surface area contributed by atoms with Crippen LogP contribution in [-0.4, -0.2) is 23.1 Å². The van der Waals surface area contributed by atoms with Crippen LogP contribution in [0.1, 0.15) is 6.92 Å². The number of nitrogens with zero attached hydrogens (tertiary/aromatic N) is 2. The lowest BCUT2D eigenvalue weighted by atomic mass is 10.7. The van der Waals surface area contributed by atoms with Crippen molar-refractivity contribution in [1.82, 2.24) is 0 Å². The zero-order valence-corrected chi connectivity index (χ0v) is 7.46. The molecule has 0 heterocycles. The number of nitrogens with two attached hydrogens (primary N) is 1. The van der Waals surface area contributed by atoms with Crippen LogP contribution in [0.2, 0.25) is 0 Å². The van der Waals surface area contributed by atoms with Crippen LogP contribution in [0, 0.1) is 28.1 Å². The van der Waals surface area contributed by atoms with Crippen LogP contribution >= 0.6 is 0 Å². The number of carboxylic acid groups (broad SMARTS) is 1. The summed E-state index contributed by atoms with van der Waals surface area (Å²) in [6.07, 6.45) is -5.08. The lowest BCUT2D eigenvalue weighted by Crippen LogP contribution is -2.21. The number of amidine groups is 1. The first-order chi connectivity index (χ1) is 6.59. The standard InChI is InChI=1S/C2HF3O2.C2H6N2.C2N2/c3-2(4,5)1(6)7;1-2(3)4;3-1-2-4/h(H,6,7);1H3,(H3,3,4);. The zero-order valence-electron chi connectivity index (χ0n) is 7.46. The van der Waals surface area contributed by atoms with Gasteiger partial charge in [0.05, 0.1) is 5.84 Å². The second-order valence-electron chi connectivity index (χ2n) is 1.71. The molecule has 84 valence electrons. The number of carboxylic acids is 1. The van der Waals surface area contributed by atoms with Gasteiger partial charge in [-0.1, -0.05) is 0 Å². The Balaban J connectivity index is -0.000000155. The van der Waals surface area contributed by atoms with Gasteiger partial charge in [0.15, 0.2) is 12.1 Å². The minimum atomic E-state index is -5.08. The third-order valence-corrected chi connectivity index (χ3v) is 0.293. The summed E-state index contributed by atoms with van der Waals surface area (Å²) in [4.78, 5) is 8.90. The summed E-state index contributed by atoms with van der Waals surface area (Å²) >= 11 is 0. The van der Waals surface area contributed by atoms with E-state index in [-0.39, 0.29) is 5.84 Å². The van der Waals surface area contributed by atoms with E-state index >= 15 is 0 Å². The van der Waals surface area contributed by atoms with Gasteiger partial charge in [0.1, 0.15) is 0 Å². The number of halogens is 3. The Morgan fingerprint density at radius 3 is 1.53 bits per heavy atom. The SMILES string of the molecule is CC(=N)N.N#CC#N.O=C(O)C(F)(F)F. The summed E-state index contributed by atoms with van der Waals surface area (Å²) in [5, 5.41) is 27.9. The first-order valence-corrected chi connectivity index (χ1v) is 2.98. The van der Waals surface area contributed by atoms with Crippen molar-refractivity contribution in [1.29, 1.82) is 15.9 Å². The summed E-state index contributed by atoms with van der Waals surface area (Å²) in [6.45, 7) is 1.53. The molecule has 0 fully saturated rings. The summed E-state index contributed by atoms with van der Waals surface area (Å²) in [5.74, 6) is -2.59. The fraction of sp³-hybridized carbons (Fsp3) is 0.333.